The maximum absolute atomic E-state index is 12.8. The Labute approximate surface area is 214 Å². The van der Waals surface area contributed by atoms with Crippen molar-refractivity contribution < 1.29 is 9.53 Å². The van der Waals surface area contributed by atoms with Crippen LogP contribution in [0.2, 0.25) is 0 Å². The van der Waals surface area contributed by atoms with E-state index in [4.69, 9.17) is 4.74 Å². The van der Waals surface area contributed by atoms with E-state index < -0.39 is 0 Å². The number of methoxy groups -OCH3 is 1. The highest BCUT2D eigenvalue weighted by Gasteiger charge is 2.56. The van der Waals surface area contributed by atoms with Gasteiger partial charge in [-0.15, -0.1) is 6.58 Å². The second kappa shape index (κ2) is 10.0. The van der Waals surface area contributed by atoms with Crippen LogP contribution in [-0.4, -0.2) is 71.6 Å². The Morgan fingerprint density at radius 2 is 1.67 bits per heavy atom. The lowest BCUT2D eigenvalue weighted by Crippen LogP contribution is -2.75. The smallest absolute Gasteiger partial charge is 0.265 e. The van der Waals surface area contributed by atoms with Crippen LogP contribution in [0.25, 0.3) is 0 Å². The molecule has 0 saturated carbocycles. The van der Waals surface area contributed by atoms with Crippen LogP contribution < -0.4 is 10.2 Å². The Kier molecular flexibility index (Phi) is 6.59. The van der Waals surface area contributed by atoms with E-state index in [1.165, 1.54) is 36.8 Å². The molecular formula is C30H38N4O2. The number of carbonyl (C=O) groups is 1. The van der Waals surface area contributed by atoms with Gasteiger partial charge in [-0.2, -0.15) is 0 Å². The van der Waals surface area contributed by atoms with Crippen molar-refractivity contribution in [3.05, 3.63) is 77.9 Å². The van der Waals surface area contributed by atoms with E-state index in [1.54, 1.807) is 7.11 Å². The van der Waals surface area contributed by atoms with Gasteiger partial charge < -0.3 is 4.74 Å². The van der Waals surface area contributed by atoms with E-state index in [0.717, 1.165) is 38.2 Å². The quantitative estimate of drug-likeness (QED) is 0.561. The predicted octanol–water partition coefficient (Wildman–Crippen LogP) is 4.39. The number of piperidine rings is 4. The summed E-state index contributed by atoms with van der Waals surface area (Å²) >= 11 is 0. The highest BCUT2D eigenvalue weighted by molar-refractivity contribution is 5.93. The van der Waals surface area contributed by atoms with E-state index in [-0.39, 0.29) is 11.9 Å². The topological polar surface area (TPSA) is 48.0 Å². The summed E-state index contributed by atoms with van der Waals surface area (Å²) < 4.78 is 5.62. The summed E-state index contributed by atoms with van der Waals surface area (Å²) in [7, 11) is 1.74. The number of ether oxygens (including phenoxy) is 1. The van der Waals surface area contributed by atoms with Crippen LogP contribution in [0, 0.1) is 0 Å². The van der Waals surface area contributed by atoms with Crippen LogP contribution in [0.15, 0.2) is 61.2 Å². The SMILES string of the molecule is C=CCN1C2CCC3C1CCC2N3C(c1ccc(C(=O)NN2CCCC2)cc1)c1cccc(OC)c1. The van der Waals surface area contributed by atoms with E-state index in [1.807, 2.05) is 23.2 Å². The average Bonchev–Trinajstić information content (AvgIpc) is 3.42. The summed E-state index contributed by atoms with van der Waals surface area (Å²) in [4.78, 5) is 18.4. The summed E-state index contributed by atoms with van der Waals surface area (Å²) in [5.74, 6) is 0.872. The van der Waals surface area contributed by atoms with Crippen LogP contribution in [-0.2, 0) is 0 Å². The fourth-order valence-electron chi connectivity index (χ4n) is 7.42. The maximum Gasteiger partial charge on any atom is 0.265 e. The van der Waals surface area contributed by atoms with Gasteiger partial charge in [0.15, 0.2) is 0 Å². The lowest BCUT2D eigenvalue weighted by molar-refractivity contribution is -0.151. The third-order valence-electron chi connectivity index (χ3n) is 8.92. The van der Waals surface area contributed by atoms with Gasteiger partial charge in [-0.05, 0) is 73.9 Å². The molecule has 6 aliphatic heterocycles. The molecular weight excluding hydrogens is 448 g/mol. The summed E-state index contributed by atoms with van der Waals surface area (Å²) in [6.07, 6.45) is 9.41. The number of rotatable bonds is 8. The van der Waals surface area contributed by atoms with Gasteiger partial charge in [-0.1, -0.05) is 30.3 Å². The van der Waals surface area contributed by atoms with Gasteiger partial charge in [0.1, 0.15) is 5.75 Å². The fourth-order valence-corrected chi connectivity index (χ4v) is 7.42. The molecule has 8 rings (SSSR count). The van der Waals surface area contributed by atoms with Crippen molar-refractivity contribution in [3.63, 3.8) is 0 Å². The van der Waals surface area contributed by atoms with Gasteiger partial charge >= 0.3 is 0 Å². The number of hydrogen-bond donors (Lipinski definition) is 1. The lowest BCUT2D eigenvalue weighted by atomic mass is 9.69. The Bertz CT molecular complexity index is 1080. The largest absolute Gasteiger partial charge is 0.497 e. The molecule has 6 heterocycles. The number of nitrogens with one attached hydrogen (secondary N) is 1. The van der Waals surface area contributed by atoms with Gasteiger partial charge in [-0.3, -0.25) is 20.0 Å². The Balaban J connectivity index is 1.33. The number of nitrogens with zero attached hydrogens (tertiary/aromatic N) is 3. The molecule has 0 aromatic heterocycles. The zero-order valence-corrected chi connectivity index (χ0v) is 21.3. The zero-order chi connectivity index (χ0) is 24.6. The number of hydrazine groups is 1. The maximum atomic E-state index is 12.8. The molecule has 6 fully saturated rings. The van der Waals surface area contributed by atoms with Gasteiger partial charge in [0.05, 0.1) is 13.2 Å². The molecule has 190 valence electrons. The monoisotopic (exact) mass is 486 g/mol. The van der Waals surface area contributed by atoms with Crippen molar-refractivity contribution in [2.45, 2.75) is 68.7 Å². The van der Waals surface area contributed by atoms with Crippen LogP contribution >= 0.6 is 0 Å². The van der Waals surface area contributed by atoms with E-state index >= 15 is 0 Å². The second-order valence-electron chi connectivity index (χ2n) is 10.8. The molecule has 5 unspecified atom stereocenters. The summed E-state index contributed by atoms with van der Waals surface area (Å²) in [6, 6.07) is 19.3. The minimum absolute atomic E-state index is 0.0162. The first-order chi connectivity index (χ1) is 17.7. The Morgan fingerprint density at radius 3 is 2.31 bits per heavy atom. The number of fused-ring (bicyclic) bond motifs is 2. The molecule has 4 bridgehead atoms. The highest BCUT2D eigenvalue weighted by atomic mass is 16.5. The molecule has 6 heteroatoms. The number of hydrogen-bond acceptors (Lipinski definition) is 5. The molecule has 0 spiro atoms. The predicted molar refractivity (Wildman–Crippen MR) is 142 cm³/mol. The molecule has 1 amide bonds. The van der Waals surface area contributed by atoms with Gasteiger partial charge in [0, 0.05) is 49.4 Å². The Morgan fingerprint density at radius 1 is 1.00 bits per heavy atom. The van der Waals surface area contributed by atoms with Gasteiger partial charge in [0.25, 0.3) is 5.91 Å². The molecule has 6 aliphatic rings. The number of amides is 1. The number of carbonyl (C=O) groups excluding carboxylic acids is 1. The first-order valence-electron chi connectivity index (χ1n) is 13.6. The minimum Gasteiger partial charge on any atom is -0.497 e. The minimum atomic E-state index is -0.0162. The van der Waals surface area contributed by atoms with Crippen molar-refractivity contribution in [2.24, 2.45) is 0 Å². The van der Waals surface area contributed by atoms with Gasteiger partial charge in [0.2, 0.25) is 0 Å². The van der Waals surface area contributed by atoms with Gasteiger partial charge in [-0.25, -0.2) is 5.01 Å². The first kappa shape index (κ1) is 23.7. The normalized spacial score (nSPS) is 28.8. The molecule has 6 nitrogen and oxygen atoms in total. The zero-order valence-electron chi connectivity index (χ0n) is 21.3. The van der Waals surface area contributed by atoms with Crippen molar-refractivity contribution >= 4 is 5.91 Å². The summed E-state index contributed by atoms with van der Waals surface area (Å²) in [5.41, 5.74) is 6.29. The highest BCUT2D eigenvalue weighted by Crippen LogP contribution is 2.50. The van der Waals surface area contributed by atoms with Crippen molar-refractivity contribution in [2.75, 3.05) is 26.7 Å². The second-order valence-corrected chi connectivity index (χ2v) is 10.8. The molecule has 2 aromatic carbocycles. The molecule has 0 aliphatic carbocycles. The molecule has 0 radical (unpaired) electrons. The average molecular weight is 487 g/mol. The van der Waals surface area contributed by atoms with Crippen molar-refractivity contribution in [3.8, 4) is 5.75 Å². The fraction of sp³-hybridized carbons (Fsp3) is 0.500. The van der Waals surface area contributed by atoms with Crippen LogP contribution in [0.3, 0.4) is 0 Å². The summed E-state index contributed by atoms with van der Waals surface area (Å²) in [6.45, 7) is 6.90. The molecule has 6 saturated heterocycles. The Hall–Kier alpha value is -2.67. The first-order valence-corrected chi connectivity index (χ1v) is 13.6. The third kappa shape index (κ3) is 4.15. The van der Waals surface area contributed by atoms with E-state index in [9.17, 15) is 4.79 Å². The van der Waals surface area contributed by atoms with E-state index in [0.29, 0.717) is 29.7 Å². The van der Waals surface area contributed by atoms with Crippen LogP contribution in [0.1, 0.15) is 66.1 Å². The van der Waals surface area contributed by atoms with Crippen LogP contribution in [0.4, 0.5) is 0 Å². The third-order valence-corrected chi connectivity index (χ3v) is 8.92. The molecule has 36 heavy (non-hydrogen) atoms. The number of benzene rings is 2. The van der Waals surface area contributed by atoms with Crippen molar-refractivity contribution in [1.29, 1.82) is 0 Å². The molecule has 5 atom stereocenters. The number of piperazine rings is 1. The molecule has 2 aromatic rings. The van der Waals surface area contributed by atoms with Crippen molar-refractivity contribution in [1.82, 2.24) is 20.2 Å². The standard InChI is InChI=1S/C30H38N4O2/c1-3-17-33-25-13-15-27-26(33)14-16-28(25)34(27)29(23-7-6-8-24(20-23)36-2)21-9-11-22(12-10-21)30(35)31-32-18-4-5-19-32/h3,6-12,20,25-29H,1,4-5,13-19H2,2H3,(H,31,35). The van der Waals surface area contributed by atoms with Crippen LogP contribution in [0.5, 0.6) is 5.75 Å². The summed E-state index contributed by atoms with van der Waals surface area (Å²) in [5, 5.41) is 2.03. The van der Waals surface area contributed by atoms with E-state index in [2.05, 4.69) is 58.2 Å². The molecule has 1 N–H and O–H groups in total. The lowest BCUT2D eigenvalue weighted by Gasteiger charge is -2.66.